The van der Waals surface area contributed by atoms with E-state index < -0.39 is 17.5 Å². The Morgan fingerprint density at radius 2 is 1.88 bits per heavy atom. The van der Waals surface area contributed by atoms with Crippen molar-refractivity contribution in [3.8, 4) is 0 Å². The molecule has 2 aromatic carbocycles. The second kappa shape index (κ2) is 6.78. The molecule has 0 atom stereocenters. The van der Waals surface area contributed by atoms with Crippen LogP contribution in [0, 0.1) is 18.6 Å². The van der Waals surface area contributed by atoms with Gasteiger partial charge in [0.2, 0.25) is 0 Å². The number of hydrogen-bond acceptors (Lipinski definition) is 2. The van der Waals surface area contributed by atoms with Crippen LogP contribution in [-0.2, 0) is 6.54 Å². The Labute approximate surface area is 138 Å². The van der Waals surface area contributed by atoms with E-state index >= 15 is 0 Å². The van der Waals surface area contributed by atoms with E-state index in [2.05, 4.69) is 14.9 Å². The molecule has 1 amide bonds. The number of para-hydroxylation sites is 2. The van der Waals surface area contributed by atoms with Crippen molar-refractivity contribution in [2.45, 2.75) is 19.9 Å². The van der Waals surface area contributed by atoms with Crippen molar-refractivity contribution in [1.29, 1.82) is 0 Å². The Morgan fingerprint density at radius 3 is 2.62 bits per heavy atom. The van der Waals surface area contributed by atoms with Gasteiger partial charge in [-0.25, -0.2) is 13.8 Å². The lowest BCUT2D eigenvalue weighted by Crippen LogP contribution is -2.25. The average molecular weight is 329 g/mol. The maximum Gasteiger partial charge on any atom is 0.251 e. The van der Waals surface area contributed by atoms with E-state index in [1.807, 2.05) is 31.2 Å². The summed E-state index contributed by atoms with van der Waals surface area (Å²) < 4.78 is 28.3. The number of amides is 1. The third-order valence-electron chi connectivity index (χ3n) is 3.81. The number of nitrogens with zero attached hydrogens (tertiary/aromatic N) is 2. The maximum atomic E-state index is 13.1. The number of imidazole rings is 1. The first kappa shape index (κ1) is 16.1. The number of aryl methyl sites for hydroxylation is 2. The van der Waals surface area contributed by atoms with Crippen LogP contribution in [0.4, 0.5) is 8.78 Å². The molecule has 124 valence electrons. The largest absolute Gasteiger partial charge is 0.352 e. The Bertz CT molecular complexity index is 869. The lowest BCUT2D eigenvalue weighted by molar-refractivity contribution is 0.0952. The van der Waals surface area contributed by atoms with Gasteiger partial charge in [0.05, 0.1) is 11.0 Å². The molecule has 4 nitrogen and oxygen atoms in total. The standard InChI is InChI=1S/C18H17F2N3O/c1-12-22-16-5-2-3-6-17(16)23(12)8-4-7-21-18(24)13-9-14(19)11-15(20)10-13/h2-3,5-6,9-11H,4,7-8H2,1H3,(H,21,24). The van der Waals surface area contributed by atoms with E-state index in [1.165, 1.54) is 0 Å². The zero-order valence-electron chi connectivity index (χ0n) is 13.2. The Morgan fingerprint density at radius 1 is 1.17 bits per heavy atom. The van der Waals surface area contributed by atoms with Gasteiger partial charge in [0.15, 0.2) is 0 Å². The second-order valence-corrected chi connectivity index (χ2v) is 5.57. The minimum atomic E-state index is -0.763. The van der Waals surface area contributed by atoms with Gasteiger partial charge in [0.25, 0.3) is 5.91 Å². The highest BCUT2D eigenvalue weighted by Crippen LogP contribution is 2.15. The summed E-state index contributed by atoms with van der Waals surface area (Å²) >= 11 is 0. The van der Waals surface area contributed by atoms with Gasteiger partial charge in [0.1, 0.15) is 17.5 Å². The molecular formula is C18H17F2N3O. The zero-order valence-corrected chi connectivity index (χ0v) is 13.2. The highest BCUT2D eigenvalue weighted by atomic mass is 19.1. The van der Waals surface area contributed by atoms with Crippen LogP contribution in [0.25, 0.3) is 11.0 Å². The van der Waals surface area contributed by atoms with Crippen molar-refractivity contribution in [3.63, 3.8) is 0 Å². The molecule has 1 heterocycles. The highest BCUT2D eigenvalue weighted by Gasteiger charge is 2.09. The number of hydrogen-bond donors (Lipinski definition) is 1. The van der Waals surface area contributed by atoms with Crippen LogP contribution in [-0.4, -0.2) is 22.0 Å². The number of aromatic nitrogens is 2. The summed E-state index contributed by atoms with van der Waals surface area (Å²) in [6.07, 6.45) is 0.685. The van der Waals surface area contributed by atoms with Gasteiger partial charge in [-0.1, -0.05) is 12.1 Å². The molecule has 1 aromatic heterocycles. The van der Waals surface area contributed by atoms with E-state index in [9.17, 15) is 13.6 Å². The number of carbonyl (C=O) groups is 1. The molecule has 0 aliphatic carbocycles. The van der Waals surface area contributed by atoms with Crippen molar-refractivity contribution in [2.75, 3.05) is 6.54 Å². The van der Waals surface area contributed by atoms with Crippen LogP contribution in [0.3, 0.4) is 0 Å². The summed E-state index contributed by atoms with van der Waals surface area (Å²) in [6.45, 7) is 3.04. The number of rotatable bonds is 5. The van der Waals surface area contributed by atoms with Gasteiger partial charge in [0, 0.05) is 24.7 Å². The Balaban J connectivity index is 1.58. The maximum absolute atomic E-state index is 13.1. The van der Waals surface area contributed by atoms with Crippen molar-refractivity contribution >= 4 is 16.9 Å². The van der Waals surface area contributed by atoms with Crippen molar-refractivity contribution < 1.29 is 13.6 Å². The van der Waals surface area contributed by atoms with E-state index in [0.717, 1.165) is 35.1 Å². The third kappa shape index (κ3) is 3.42. The predicted molar refractivity (Wildman–Crippen MR) is 87.8 cm³/mol. The van der Waals surface area contributed by atoms with Crippen molar-refractivity contribution in [1.82, 2.24) is 14.9 Å². The lowest BCUT2D eigenvalue weighted by atomic mass is 10.2. The molecule has 0 saturated heterocycles. The van der Waals surface area contributed by atoms with Crippen LogP contribution >= 0.6 is 0 Å². The molecule has 0 aliphatic heterocycles. The Kier molecular flexibility index (Phi) is 4.55. The molecule has 0 fully saturated rings. The third-order valence-corrected chi connectivity index (χ3v) is 3.81. The SMILES string of the molecule is Cc1nc2ccccc2n1CCCNC(=O)c1cc(F)cc(F)c1. The minimum absolute atomic E-state index is 0.0169. The number of benzene rings is 2. The number of fused-ring (bicyclic) bond motifs is 1. The zero-order chi connectivity index (χ0) is 17.1. The van der Waals surface area contributed by atoms with E-state index in [1.54, 1.807) is 0 Å². The van der Waals surface area contributed by atoms with Crippen LogP contribution in [0.5, 0.6) is 0 Å². The van der Waals surface area contributed by atoms with E-state index in [0.29, 0.717) is 19.5 Å². The van der Waals surface area contributed by atoms with Gasteiger partial charge in [-0.2, -0.15) is 0 Å². The fourth-order valence-corrected chi connectivity index (χ4v) is 2.70. The van der Waals surface area contributed by atoms with Crippen molar-refractivity contribution in [2.24, 2.45) is 0 Å². The van der Waals surface area contributed by atoms with E-state index in [-0.39, 0.29) is 5.56 Å². The minimum Gasteiger partial charge on any atom is -0.352 e. The summed E-state index contributed by atoms with van der Waals surface area (Å²) in [5.74, 6) is -1.10. The fourth-order valence-electron chi connectivity index (χ4n) is 2.70. The Hall–Kier alpha value is -2.76. The average Bonchev–Trinajstić information content (AvgIpc) is 2.86. The van der Waals surface area contributed by atoms with Gasteiger partial charge < -0.3 is 9.88 Å². The second-order valence-electron chi connectivity index (χ2n) is 5.57. The van der Waals surface area contributed by atoms with Crippen LogP contribution in [0.1, 0.15) is 22.6 Å². The molecule has 3 rings (SSSR count). The molecule has 0 unspecified atom stereocenters. The van der Waals surface area contributed by atoms with Crippen LogP contribution in [0.2, 0.25) is 0 Å². The number of carbonyl (C=O) groups excluding carboxylic acids is 1. The predicted octanol–water partition coefficient (Wildman–Crippen LogP) is 3.44. The first-order valence-electron chi connectivity index (χ1n) is 7.71. The summed E-state index contributed by atoms with van der Waals surface area (Å²) in [7, 11) is 0. The molecule has 0 bridgehead atoms. The smallest absolute Gasteiger partial charge is 0.251 e. The molecule has 0 saturated carbocycles. The summed E-state index contributed by atoms with van der Waals surface area (Å²) in [6, 6.07) is 10.6. The van der Waals surface area contributed by atoms with Crippen LogP contribution in [0.15, 0.2) is 42.5 Å². The van der Waals surface area contributed by atoms with Gasteiger partial charge >= 0.3 is 0 Å². The van der Waals surface area contributed by atoms with Crippen LogP contribution < -0.4 is 5.32 Å². The molecular weight excluding hydrogens is 312 g/mol. The quantitative estimate of drug-likeness (QED) is 0.729. The molecule has 3 aromatic rings. The van der Waals surface area contributed by atoms with Gasteiger partial charge in [-0.3, -0.25) is 4.79 Å². The molecule has 24 heavy (non-hydrogen) atoms. The summed E-state index contributed by atoms with van der Waals surface area (Å²) in [5, 5.41) is 2.68. The molecule has 0 aliphatic rings. The summed E-state index contributed by atoms with van der Waals surface area (Å²) in [5.41, 5.74) is 1.97. The van der Waals surface area contributed by atoms with Crippen molar-refractivity contribution in [3.05, 3.63) is 65.5 Å². The molecule has 6 heteroatoms. The first-order valence-corrected chi connectivity index (χ1v) is 7.71. The molecule has 0 radical (unpaired) electrons. The topological polar surface area (TPSA) is 46.9 Å². The fraction of sp³-hybridized carbons (Fsp3) is 0.222. The highest BCUT2D eigenvalue weighted by molar-refractivity contribution is 5.94. The summed E-state index contributed by atoms with van der Waals surface area (Å²) in [4.78, 5) is 16.4. The first-order chi connectivity index (χ1) is 11.5. The normalized spacial score (nSPS) is 11.0. The molecule has 0 spiro atoms. The monoisotopic (exact) mass is 329 g/mol. The van der Waals surface area contributed by atoms with E-state index in [4.69, 9.17) is 0 Å². The molecule has 1 N–H and O–H groups in total. The van der Waals surface area contributed by atoms with Gasteiger partial charge in [-0.05, 0) is 37.6 Å². The number of halogens is 2. The van der Waals surface area contributed by atoms with Gasteiger partial charge in [-0.15, -0.1) is 0 Å². The number of nitrogens with one attached hydrogen (secondary N) is 1. The lowest BCUT2D eigenvalue weighted by Gasteiger charge is -2.08.